The summed E-state index contributed by atoms with van der Waals surface area (Å²) in [6.45, 7) is 20.6. The lowest BCUT2D eigenvalue weighted by Gasteiger charge is -2.41. The molecule has 11 atom stereocenters. The van der Waals surface area contributed by atoms with Gasteiger partial charge in [-0.1, -0.05) is 106 Å². The molecule has 1 aromatic carbocycles. The first-order valence-corrected chi connectivity index (χ1v) is 28.9. The maximum absolute atomic E-state index is 14.5. The minimum atomic E-state index is -1.32. The number of carbonyl (C=O) groups excluding carboxylic acids is 8. The Morgan fingerprint density at radius 1 is 0.829 bits per heavy atom. The molecule has 0 saturated carbocycles. The van der Waals surface area contributed by atoms with Crippen LogP contribution in [0.1, 0.15) is 133 Å². The van der Waals surface area contributed by atoms with Crippen molar-refractivity contribution in [2.24, 2.45) is 39.8 Å². The number of nitrogens with two attached hydrogens (primary N) is 1. The molecule has 1 heterocycles. The zero-order valence-electron chi connectivity index (χ0n) is 51.8. The number of amidine groups is 1. The number of carboxylic acids is 1. The van der Waals surface area contributed by atoms with E-state index in [2.05, 4.69) is 31.6 Å². The molecule has 23 nitrogen and oxygen atoms in total. The summed E-state index contributed by atoms with van der Waals surface area (Å²) in [5.74, 6) is -5.71. The third-order valence-electron chi connectivity index (χ3n) is 15.1. The summed E-state index contributed by atoms with van der Waals surface area (Å²) >= 11 is 0. The fourth-order valence-electron chi connectivity index (χ4n) is 10.2. The van der Waals surface area contributed by atoms with Gasteiger partial charge >= 0.3 is 11.9 Å². The largest absolute Gasteiger partial charge is 0.480 e. The van der Waals surface area contributed by atoms with Gasteiger partial charge in [-0.25, -0.2) is 9.59 Å². The van der Waals surface area contributed by atoms with Gasteiger partial charge in [-0.15, -0.1) is 0 Å². The van der Waals surface area contributed by atoms with E-state index in [0.717, 1.165) is 5.56 Å². The van der Waals surface area contributed by atoms with Crippen LogP contribution >= 0.6 is 0 Å². The minimum Gasteiger partial charge on any atom is -0.480 e. The predicted molar refractivity (Wildman–Crippen MR) is 313 cm³/mol. The zero-order valence-corrected chi connectivity index (χ0v) is 51.8. The van der Waals surface area contributed by atoms with Gasteiger partial charge in [-0.05, 0) is 70.0 Å². The smallest absolute Gasteiger partial charge is 0.328 e. The van der Waals surface area contributed by atoms with Crippen LogP contribution in [0.25, 0.3) is 0 Å². The van der Waals surface area contributed by atoms with Crippen molar-refractivity contribution in [3.8, 4) is 0 Å². The number of aliphatic carboxylic acids is 1. The number of methoxy groups -OCH3 is 2. The molecule has 1 aliphatic heterocycles. The van der Waals surface area contributed by atoms with E-state index in [9.17, 15) is 48.3 Å². The molecule has 0 radical (unpaired) electrons. The van der Waals surface area contributed by atoms with Crippen LogP contribution in [0.15, 0.2) is 35.3 Å². The fourth-order valence-corrected chi connectivity index (χ4v) is 10.2. The Bertz CT molecular complexity index is 2270. The molecule has 0 aromatic heterocycles. The molecule has 1 fully saturated rings. The number of amides is 7. The van der Waals surface area contributed by atoms with E-state index in [0.29, 0.717) is 25.8 Å². The number of carboxylic acid groups (broad SMARTS) is 1. The standard InChI is InChI=1S/C59H100N10O13/c1-17-37(6)50(68(14)55(75)48(35(2)3)66-54(74)49(36(4)5)67(12)13)44(80-15)34-47(71)69-31-21-25-43(69)51(81-16)38(7)52(72)65-42(33-40-23-19-18-20-24-40)53(73)61-29-22-32-82-57(78)39(8)63-46(70)27-26-41(56(76)77)64-45(60)28-30-62-58(79)59(9,10)11/h18-20,23-24,35-39,41-44,48-51H,17,21-22,25-34H2,1-16H3,(H2,60,64)(H,61,73)(H,62,79)(H,63,70)(H,65,72)(H,66,74)(H,76,77)/t37-,38+,39-,41-,42-,43-,44+,48-,49-,50-,51+/m0/s1. The second-order valence-electron chi connectivity index (χ2n) is 23.6. The average molecular weight is 1160 g/mol. The number of ether oxygens (including phenoxy) is 3. The molecule has 82 heavy (non-hydrogen) atoms. The normalized spacial score (nSPS) is 17.5. The monoisotopic (exact) mass is 1160 g/mol. The second-order valence-corrected chi connectivity index (χ2v) is 23.6. The van der Waals surface area contributed by atoms with Crippen molar-refractivity contribution >= 4 is 59.1 Å². The molecule has 2 rings (SSSR count). The summed E-state index contributed by atoms with van der Waals surface area (Å²) in [5.41, 5.74) is 6.08. The topological polar surface area (TPSA) is 310 Å². The maximum Gasteiger partial charge on any atom is 0.328 e. The summed E-state index contributed by atoms with van der Waals surface area (Å²) in [5, 5.41) is 23.6. The van der Waals surface area contributed by atoms with E-state index < -0.39 is 95.5 Å². The molecule has 464 valence electrons. The molecule has 8 N–H and O–H groups in total. The van der Waals surface area contributed by atoms with Gasteiger partial charge in [0.25, 0.3) is 0 Å². The number of rotatable bonds is 35. The van der Waals surface area contributed by atoms with Crippen molar-refractivity contribution in [3.05, 3.63) is 35.9 Å². The molecule has 7 amide bonds. The van der Waals surface area contributed by atoms with E-state index in [1.54, 1.807) is 44.5 Å². The van der Waals surface area contributed by atoms with E-state index in [1.165, 1.54) is 21.1 Å². The third kappa shape index (κ3) is 22.9. The van der Waals surface area contributed by atoms with Crippen molar-refractivity contribution in [2.45, 2.75) is 188 Å². The molecular weight excluding hydrogens is 1060 g/mol. The van der Waals surface area contributed by atoms with Crippen molar-refractivity contribution in [3.63, 3.8) is 0 Å². The Labute approximate surface area is 487 Å². The van der Waals surface area contributed by atoms with Gasteiger partial charge in [0.2, 0.25) is 41.4 Å². The van der Waals surface area contributed by atoms with E-state index in [4.69, 9.17) is 19.9 Å². The third-order valence-corrected chi connectivity index (χ3v) is 15.1. The number of hydrogen-bond acceptors (Lipinski definition) is 14. The first kappa shape index (κ1) is 71.9. The van der Waals surface area contributed by atoms with Crippen LogP contribution in [0.3, 0.4) is 0 Å². The maximum atomic E-state index is 14.5. The molecule has 1 saturated heterocycles. The predicted octanol–water partition coefficient (Wildman–Crippen LogP) is 3.06. The number of aliphatic imine (C=N–C) groups is 1. The van der Waals surface area contributed by atoms with Crippen molar-refractivity contribution < 1.29 is 62.5 Å². The minimum absolute atomic E-state index is 0.000337. The van der Waals surface area contributed by atoms with Crippen LogP contribution in [0, 0.1) is 29.1 Å². The summed E-state index contributed by atoms with van der Waals surface area (Å²) in [7, 11) is 8.37. The van der Waals surface area contributed by atoms with Crippen molar-refractivity contribution in [1.29, 1.82) is 0 Å². The first-order valence-electron chi connectivity index (χ1n) is 28.9. The SMILES string of the molecule is CC[C@H](C)[C@@H]([C@@H](CC(=O)N1CCC[C@H]1[C@H](OC)[C@@H](C)C(=O)N[C@@H](Cc1ccccc1)C(=O)NCCCOC(=O)[C@H](C)NC(=O)CC[C@H](N=C(N)CCNC(=O)C(C)(C)C)C(=O)O)OC)N(C)C(=O)[C@@H](NC(=O)[C@H](C(C)C)N(C)C)C(C)C. The number of nitrogens with zero attached hydrogens (tertiary/aromatic N) is 4. The number of benzene rings is 1. The number of carbonyl (C=O) groups is 9. The molecule has 1 aliphatic rings. The van der Waals surface area contributed by atoms with Gasteiger partial charge in [-0.3, -0.25) is 43.5 Å². The summed E-state index contributed by atoms with van der Waals surface area (Å²) < 4.78 is 17.4. The first-order chi connectivity index (χ1) is 38.4. The highest BCUT2D eigenvalue weighted by Crippen LogP contribution is 2.30. The van der Waals surface area contributed by atoms with Crippen LogP contribution in [0.4, 0.5) is 0 Å². The van der Waals surface area contributed by atoms with Gasteiger partial charge in [0.15, 0.2) is 0 Å². The Kier molecular flexibility index (Phi) is 30.7. The summed E-state index contributed by atoms with van der Waals surface area (Å²) in [4.78, 5) is 129. The fraction of sp³-hybridized carbons (Fsp3) is 0.729. The molecule has 0 aliphatic carbocycles. The lowest BCUT2D eigenvalue weighted by Crippen LogP contribution is -2.59. The molecule has 1 aromatic rings. The molecule has 0 spiro atoms. The average Bonchev–Trinajstić information content (AvgIpc) is 4.09. The number of nitrogens with one attached hydrogen (secondary N) is 5. The van der Waals surface area contributed by atoms with Crippen molar-refractivity contribution in [2.75, 3.05) is 61.6 Å². The van der Waals surface area contributed by atoms with Crippen LogP contribution in [0.5, 0.6) is 0 Å². The molecular formula is C59H100N10O13. The quantitative estimate of drug-likeness (QED) is 0.0222. The van der Waals surface area contributed by atoms with E-state index in [-0.39, 0.29) is 105 Å². The second kappa shape index (κ2) is 35.1. The highest BCUT2D eigenvalue weighted by molar-refractivity contribution is 5.91. The van der Waals surface area contributed by atoms with Crippen LogP contribution < -0.4 is 32.3 Å². The number of esters is 1. The van der Waals surface area contributed by atoms with Gasteiger partial charge in [0, 0.05) is 65.6 Å². The highest BCUT2D eigenvalue weighted by Gasteiger charge is 2.44. The Morgan fingerprint density at radius 2 is 1.48 bits per heavy atom. The number of likely N-dealkylation sites (N-methyl/N-ethyl adjacent to an activating group) is 2. The lowest BCUT2D eigenvalue weighted by molar-refractivity contribution is -0.148. The van der Waals surface area contributed by atoms with Gasteiger partial charge in [0.05, 0.1) is 55.1 Å². The highest BCUT2D eigenvalue weighted by atomic mass is 16.5. The Hall–Kier alpha value is -6.20. The molecule has 23 heteroatoms. The van der Waals surface area contributed by atoms with E-state index >= 15 is 0 Å². The van der Waals surface area contributed by atoms with Gasteiger partial charge in [0.1, 0.15) is 24.2 Å². The van der Waals surface area contributed by atoms with Crippen molar-refractivity contribution in [1.82, 2.24) is 41.3 Å². The Balaban J connectivity index is 2.11. The number of likely N-dealkylation sites (tertiary alicyclic amines) is 1. The Morgan fingerprint density at radius 3 is 2.02 bits per heavy atom. The van der Waals surface area contributed by atoms with Gasteiger partial charge < -0.3 is 61.4 Å². The summed E-state index contributed by atoms with van der Waals surface area (Å²) in [6, 6.07) is 3.44. The number of hydrogen-bond donors (Lipinski definition) is 7. The van der Waals surface area contributed by atoms with Crippen LogP contribution in [-0.4, -0.2) is 195 Å². The van der Waals surface area contributed by atoms with E-state index in [1.807, 2.05) is 90.9 Å². The van der Waals surface area contributed by atoms with Crippen LogP contribution in [-0.2, 0) is 63.8 Å². The lowest BCUT2D eigenvalue weighted by atomic mass is 9.89. The van der Waals surface area contributed by atoms with Gasteiger partial charge in [-0.2, -0.15) is 0 Å². The van der Waals surface area contributed by atoms with Crippen LogP contribution in [0.2, 0.25) is 0 Å². The molecule has 0 bridgehead atoms. The molecule has 0 unspecified atom stereocenters. The summed E-state index contributed by atoms with van der Waals surface area (Å²) in [6.07, 6.45) is 0.333. The zero-order chi connectivity index (χ0) is 62.2.